The minimum absolute atomic E-state index is 0.0365. The third kappa shape index (κ3) is 2.75. The van der Waals surface area contributed by atoms with E-state index in [1.165, 1.54) is 13.2 Å². The molecule has 18 heavy (non-hydrogen) atoms. The second-order valence-electron chi connectivity index (χ2n) is 3.78. The predicted molar refractivity (Wildman–Crippen MR) is 77.9 cm³/mol. The Hall–Kier alpha value is -0.870. The highest BCUT2D eigenvalue weighted by molar-refractivity contribution is 9.10. The van der Waals surface area contributed by atoms with Gasteiger partial charge in [0.25, 0.3) is 0 Å². The topological polar surface area (TPSA) is 9.23 Å². The SMILES string of the molecule is COc1cc(F)c(Br)cc1C(Br)c1ccccc1. The van der Waals surface area contributed by atoms with Gasteiger partial charge in [0.15, 0.2) is 0 Å². The summed E-state index contributed by atoms with van der Waals surface area (Å²) >= 11 is 6.82. The molecule has 0 N–H and O–H groups in total. The van der Waals surface area contributed by atoms with E-state index in [1.54, 1.807) is 6.07 Å². The minimum Gasteiger partial charge on any atom is -0.496 e. The quantitative estimate of drug-likeness (QED) is 0.681. The maximum Gasteiger partial charge on any atom is 0.141 e. The highest BCUT2D eigenvalue weighted by atomic mass is 79.9. The summed E-state index contributed by atoms with van der Waals surface area (Å²) in [6, 6.07) is 13.0. The Morgan fingerprint density at radius 1 is 1.17 bits per heavy atom. The molecule has 1 atom stereocenters. The molecule has 2 rings (SSSR count). The van der Waals surface area contributed by atoms with Gasteiger partial charge >= 0.3 is 0 Å². The van der Waals surface area contributed by atoms with E-state index in [2.05, 4.69) is 31.9 Å². The van der Waals surface area contributed by atoms with Gasteiger partial charge in [0.1, 0.15) is 11.6 Å². The molecule has 0 aliphatic carbocycles. The lowest BCUT2D eigenvalue weighted by atomic mass is 10.0. The second kappa shape index (κ2) is 5.85. The fourth-order valence-corrected chi connectivity index (χ4v) is 2.74. The van der Waals surface area contributed by atoms with Gasteiger partial charge in [-0.25, -0.2) is 4.39 Å². The molecular weight excluding hydrogens is 363 g/mol. The third-order valence-electron chi connectivity index (χ3n) is 2.64. The molecule has 94 valence electrons. The van der Waals surface area contributed by atoms with Crippen LogP contribution < -0.4 is 4.74 Å². The van der Waals surface area contributed by atoms with Crippen LogP contribution in [0.2, 0.25) is 0 Å². The van der Waals surface area contributed by atoms with Gasteiger partial charge in [-0.3, -0.25) is 0 Å². The van der Waals surface area contributed by atoms with Crippen LogP contribution in [0.4, 0.5) is 4.39 Å². The van der Waals surface area contributed by atoms with Crippen molar-refractivity contribution < 1.29 is 9.13 Å². The van der Waals surface area contributed by atoms with E-state index < -0.39 is 0 Å². The first-order chi connectivity index (χ1) is 8.63. The smallest absolute Gasteiger partial charge is 0.141 e. The molecule has 4 heteroatoms. The molecule has 0 saturated carbocycles. The summed E-state index contributed by atoms with van der Waals surface area (Å²) in [6.07, 6.45) is 0. The van der Waals surface area contributed by atoms with Gasteiger partial charge in [-0.05, 0) is 27.6 Å². The zero-order chi connectivity index (χ0) is 13.1. The molecule has 0 amide bonds. The third-order valence-corrected chi connectivity index (χ3v) is 4.27. The molecule has 1 unspecified atom stereocenters. The number of hydrogen-bond donors (Lipinski definition) is 0. The van der Waals surface area contributed by atoms with Crippen molar-refractivity contribution in [3.05, 3.63) is 63.9 Å². The summed E-state index contributed by atoms with van der Waals surface area (Å²) in [5, 5.41) is 0. The van der Waals surface area contributed by atoms with Gasteiger partial charge in [0.05, 0.1) is 16.4 Å². The summed E-state index contributed by atoms with van der Waals surface area (Å²) in [4.78, 5) is -0.0365. The fraction of sp³-hybridized carbons (Fsp3) is 0.143. The molecule has 2 aromatic rings. The Morgan fingerprint density at radius 2 is 1.83 bits per heavy atom. The lowest BCUT2D eigenvalue weighted by Crippen LogP contribution is -1.98. The average molecular weight is 374 g/mol. The van der Waals surface area contributed by atoms with Gasteiger partial charge < -0.3 is 4.74 Å². The highest BCUT2D eigenvalue weighted by Gasteiger charge is 2.17. The van der Waals surface area contributed by atoms with E-state index in [0.29, 0.717) is 10.2 Å². The van der Waals surface area contributed by atoms with Crippen molar-refractivity contribution in [1.82, 2.24) is 0 Å². The fourth-order valence-electron chi connectivity index (χ4n) is 1.72. The molecule has 0 aliphatic heterocycles. The summed E-state index contributed by atoms with van der Waals surface area (Å²) in [7, 11) is 1.54. The van der Waals surface area contributed by atoms with Crippen LogP contribution >= 0.6 is 31.9 Å². The zero-order valence-electron chi connectivity index (χ0n) is 9.66. The maximum absolute atomic E-state index is 13.5. The number of rotatable bonds is 3. The molecule has 0 spiro atoms. The van der Waals surface area contributed by atoms with Crippen LogP contribution in [-0.4, -0.2) is 7.11 Å². The van der Waals surface area contributed by atoms with E-state index >= 15 is 0 Å². The van der Waals surface area contributed by atoms with Crippen LogP contribution in [0.25, 0.3) is 0 Å². The van der Waals surface area contributed by atoms with Gasteiger partial charge in [-0.1, -0.05) is 46.3 Å². The normalized spacial score (nSPS) is 12.2. The Morgan fingerprint density at radius 3 is 2.44 bits per heavy atom. The maximum atomic E-state index is 13.5. The number of halogens is 3. The minimum atomic E-state index is -0.330. The van der Waals surface area contributed by atoms with E-state index in [1.807, 2.05) is 30.3 Å². The van der Waals surface area contributed by atoms with E-state index in [0.717, 1.165) is 11.1 Å². The standard InChI is InChI=1S/C14H11Br2FO/c1-18-13-8-12(17)11(15)7-10(13)14(16)9-5-3-2-4-6-9/h2-8,14H,1H3. The number of alkyl halides is 1. The van der Waals surface area contributed by atoms with Crippen LogP contribution in [-0.2, 0) is 0 Å². The number of benzene rings is 2. The molecular formula is C14H11Br2FO. The van der Waals surface area contributed by atoms with Crippen molar-refractivity contribution in [2.75, 3.05) is 7.11 Å². The zero-order valence-corrected chi connectivity index (χ0v) is 12.8. The number of methoxy groups -OCH3 is 1. The van der Waals surface area contributed by atoms with Gasteiger partial charge in [0, 0.05) is 11.6 Å². The van der Waals surface area contributed by atoms with Crippen molar-refractivity contribution in [3.8, 4) is 5.75 Å². The van der Waals surface area contributed by atoms with Gasteiger partial charge in [0.2, 0.25) is 0 Å². The van der Waals surface area contributed by atoms with Crippen LogP contribution in [0, 0.1) is 5.82 Å². The van der Waals surface area contributed by atoms with Crippen LogP contribution in [0.15, 0.2) is 46.9 Å². The molecule has 0 aliphatic rings. The molecule has 2 aromatic carbocycles. The number of hydrogen-bond acceptors (Lipinski definition) is 1. The monoisotopic (exact) mass is 372 g/mol. The van der Waals surface area contributed by atoms with Crippen LogP contribution in [0.1, 0.15) is 16.0 Å². The Bertz CT molecular complexity index is 543. The molecule has 0 bridgehead atoms. The Labute approximate surface area is 122 Å². The lowest BCUT2D eigenvalue weighted by Gasteiger charge is -2.15. The Kier molecular flexibility index (Phi) is 4.40. The Balaban J connectivity index is 2.47. The summed E-state index contributed by atoms with van der Waals surface area (Å²) in [6.45, 7) is 0. The van der Waals surface area contributed by atoms with Gasteiger partial charge in [-0.15, -0.1) is 0 Å². The second-order valence-corrected chi connectivity index (χ2v) is 5.55. The first kappa shape index (κ1) is 13.6. The summed E-state index contributed by atoms with van der Waals surface area (Å²) < 4.78 is 19.1. The van der Waals surface area contributed by atoms with Crippen molar-refractivity contribution >= 4 is 31.9 Å². The van der Waals surface area contributed by atoms with Crippen LogP contribution in [0.3, 0.4) is 0 Å². The molecule has 1 nitrogen and oxygen atoms in total. The molecule has 0 fully saturated rings. The molecule has 0 aromatic heterocycles. The molecule has 0 radical (unpaired) electrons. The highest BCUT2D eigenvalue weighted by Crippen LogP contribution is 2.38. The first-order valence-corrected chi connectivity index (χ1v) is 7.06. The van der Waals surface area contributed by atoms with Crippen LogP contribution in [0.5, 0.6) is 5.75 Å². The van der Waals surface area contributed by atoms with Crippen molar-refractivity contribution in [3.63, 3.8) is 0 Å². The largest absolute Gasteiger partial charge is 0.496 e. The molecule has 0 heterocycles. The van der Waals surface area contributed by atoms with Crippen molar-refractivity contribution in [2.24, 2.45) is 0 Å². The predicted octanol–water partition coefficient (Wildman–Crippen LogP) is 5.08. The van der Waals surface area contributed by atoms with E-state index in [9.17, 15) is 4.39 Å². The lowest BCUT2D eigenvalue weighted by molar-refractivity contribution is 0.406. The van der Waals surface area contributed by atoms with Crippen molar-refractivity contribution in [1.29, 1.82) is 0 Å². The summed E-state index contributed by atoms with van der Waals surface area (Å²) in [5.74, 6) is 0.199. The van der Waals surface area contributed by atoms with Crippen molar-refractivity contribution in [2.45, 2.75) is 4.83 Å². The van der Waals surface area contributed by atoms with E-state index in [-0.39, 0.29) is 10.6 Å². The summed E-state index contributed by atoms with van der Waals surface area (Å²) in [5.41, 5.74) is 1.98. The number of ether oxygens (including phenoxy) is 1. The van der Waals surface area contributed by atoms with E-state index in [4.69, 9.17) is 4.74 Å². The molecule has 0 saturated heterocycles. The average Bonchev–Trinajstić information content (AvgIpc) is 2.41. The first-order valence-electron chi connectivity index (χ1n) is 5.35. The van der Waals surface area contributed by atoms with Gasteiger partial charge in [-0.2, -0.15) is 0 Å².